The van der Waals surface area contributed by atoms with E-state index in [1.165, 1.54) is 29.8 Å². The lowest BCUT2D eigenvalue weighted by molar-refractivity contribution is 0.0954. The van der Waals surface area contributed by atoms with Gasteiger partial charge in [0.1, 0.15) is 28.6 Å². The summed E-state index contributed by atoms with van der Waals surface area (Å²) >= 11 is 1.31. The largest absolute Gasteiger partial charge is 0.467 e. The molecule has 1 amide bonds. The third-order valence-electron chi connectivity index (χ3n) is 4.69. The molecule has 0 aliphatic heterocycles. The SMILES string of the molecule is Cc1ccc(F)cc1CNC(=O)c1sc2ncnc(NCc3ccco3)c2c1C. The van der Waals surface area contributed by atoms with E-state index < -0.39 is 0 Å². The number of hydrogen-bond donors (Lipinski definition) is 2. The predicted molar refractivity (Wildman–Crippen MR) is 110 cm³/mol. The molecular weight excluding hydrogens is 391 g/mol. The van der Waals surface area contributed by atoms with Gasteiger partial charge >= 0.3 is 0 Å². The van der Waals surface area contributed by atoms with E-state index >= 15 is 0 Å². The van der Waals surface area contributed by atoms with Gasteiger partial charge in [-0.2, -0.15) is 0 Å². The second-order valence-corrected chi connectivity index (χ2v) is 7.64. The van der Waals surface area contributed by atoms with Crippen molar-refractivity contribution >= 4 is 33.3 Å². The molecule has 1 aromatic carbocycles. The van der Waals surface area contributed by atoms with Crippen LogP contribution in [-0.4, -0.2) is 15.9 Å². The summed E-state index contributed by atoms with van der Waals surface area (Å²) in [6.45, 7) is 4.50. The monoisotopic (exact) mass is 410 g/mol. The number of carbonyl (C=O) groups is 1. The Morgan fingerprint density at radius 3 is 2.86 bits per heavy atom. The molecule has 0 atom stereocenters. The fraction of sp³-hybridized carbons (Fsp3) is 0.190. The fourth-order valence-corrected chi connectivity index (χ4v) is 4.16. The smallest absolute Gasteiger partial charge is 0.261 e. The van der Waals surface area contributed by atoms with Crippen molar-refractivity contribution in [1.82, 2.24) is 15.3 Å². The van der Waals surface area contributed by atoms with Gasteiger partial charge in [-0.3, -0.25) is 4.79 Å². The van der Waals surface area contributed by atoms with Crippen molar-refractivity contribution in [3.05, 3.63) is 76.1 Å². The van der Waals surface area contributed by atoms with E-state index in [9.17, 15) is 9.18 Å². The number of nitrogens with zero attached hydrogens (tertiary/aromatic N) is 2. The van der Waals surface area contributed by atoms with Crippen LogP contribution < -0.4 is 10.6 Å². The number of benzene rings is 1. The summed E-state index contributed by atoms with van der Waals surface area (Å²) in [6.07, 6.45) is 3.09. The molecule has 0 aliphatic rings. The van der Waals surface area contributed by atoms with Gasteiger partial charge in [0.15, 0.2) is 0 Å². The molecule has 29 heavy (non-hydrogen) atoms. The molecule has 0 aliphatic carbocycles. The van der Waals surface area contributed by atoms with E-state index in [2.05, 4.69) is 20.6 Å². The molecule has 3 heterocycles. The van der Waals surface area contributed by atoms with Crippen molar-refractivity contribution < 1.29 is 13.6 Å². The summed E-state index contributed by atoms with van der Waals surface area (Å²) in [4.78, 5) is 22.7. The highest BCUT2D eigenvalue weighted by molar-refractivity contribution is 7.20. The number of anilines is 1. The van der Waals surface area contributed by atoms with Crippen molar-refractivity contribution in [1.29, 1.82) is 0 Å². The fourth-order valence-electron chi connectivity index (χ4n) is 3.09. The third kappa shape index (κ3) is 3.97. The molecule has 8 heteroatoms. The summed E-state index contributed by atoms with van der Waals surface area (Å²) in [7, 11) is 0. The Kier molecular flexibility index (Phi) is 5.26. The first-order valence-corrected chi connectivity index (χ1v) is 9.88. The number of nitrogens with one attached hydrogen (secondary N) is 2. The molecular formula is C21H19FN4O2S. The van der Waals surface area contributed by atoms with Crippen molar-refractivity contribution in [3.8, 4) is 0 Å². The number of amides is 1. The molecule has 0 saturated carbocycles. The van der Waals surface area contributed by atoms with Crippen molar-refractivity contribution in [3.63, 3.8) is 0 Å². The highest BCUT2D eigenvalue weighted by Gasteiger charge is 2.19. The number of carbonyl (C=O) groups excluding carboxylic acids is 1. The van der Waals surface area contributed by atoms with Crippen LogP contribution in [0.4, 0.5) is 10.2 Å². The van der Waals surface area contributed by atoms with Gasteiger partial charge in [-0.1, -0.05) is 6.07 Å². The molecule has 0 saturated heterocycles. The number of thiophene rings is 1. The Morgan fingerprint density at radius 2 is 2.07 bits per heavy atom. The molecule has 0 bridgehead atoms. The molecule has 4 aromatic rings. The van der Waals surface area contributed by atoms with Gasteiger partial charge in [0, 0.05) is 6.54 Å². The normalized spacial score (nSPS) is 11.0. The maximum atomic E-state index is 13.5. The van der Waals surface area contributed by atoms with Crippen molar-refractivity contribution in [2.75, 3.05) is 5.32 Å². The van der Waals surface area contributed by atoms with E-state index in [0.717, 1.165) is 32.7 Å². The van der Waals surface area contributed by atoms with E-state index in [0.29, 0.717) is 17.2 Å². The quantitative estimate of drug-likeness (QED) is 0.486. The zero-order valence-electron chi connectivity index (χ0n) is 16.0. The summed E-state index contributed by atoms with van der Waals surface area (Å²) in [5.41, 5.74) is 2.48. The lowest BCUT2D eigenvalue weighted by atomic mass is 10.1. The first kappa shape index (κ1) is 19.1. The van der Waals surface area contributed by atoms with E-state index in [-0.39, 0.29) is 18.3 Å². The van der Waals surface area contributed by atoms with Crippen LogP contribution in [0.2, 0.25) is 0 Å². The minimum Gasteiger partial charge on any atom is -0.467 e. The number of furan rings is 1. The highest BCUT2D eigenvalue weighted by Crippen LogP contribution is 2.33. The van der Waals surface area contributed by atoms with Gasteiger partial charge in [-0.25, -0.2) is 14.4 Å². The number of rotatable bonds is 6. The summed E-state index contributed by atoms with van der Waals surface area (Å²) in [5, 5.41) is 6.94. The Labute approximate surface area is 170 Å². The lowest BCUT2D eigenvalue weighted by Gasteiger charge is -2.08. The molecule has 2 N–H and O–H groups in total. The Hall–Kier alpha value is -3.26. The average Bonchev–Trinajstić information content (AvgIpc) is 3.35. The third-order valence-corrected chi connectivity index (χ3v) is 5.89. The summed E-state index contributed by atoms with van der Waals surface area (Å²) in [5.74, 6) is 0.903. The van der Waals surface area contributed by atoms with Gasteiger partial charge < -0.3 is 15.1 Å². The average molecular weight is 410 g/mol. The summed E-state index contributed by atoms with van der Waals surface area (Å²) in [6, 6.07) is 8.25. The molecule has 0 radical (unpaired) electrons. The number of fused-ring (bicyclic) bond motifs is 1. The molecule has 4 rings (SSSR count). The van der Waals surface area contributed by atoms with Gasteiger partial charge in [-0.15, -0.1) is 11.3 Å². The summed E-state index contributed by atoms with van der Waals surface area (Å²) < 4.78 is 18.8. The second kappa shape index (κ2) is 8.00. The van der Waals surface area contributed by atoms with Crippen LogP contribution in [0.15, 0.2) is 47.3 Å². The zero-order chi connectivity index (χ0) is 20.4. The Morgan fingerprint density at radius 1 is 1.21 bits per heavy atom. The maximum Gasteiger partial charge on any atom is 0.261 e. The molecule has 6 nitrogen and oxygen atoms in total. The molecule has 0 spiro atoms. The van der Waals surface area contributed by atoms with Crippen LogP contribution in [0.25, 0.3) is 10.2 Å². The first-order chi connectivity index (χ1) is 14.0. The number of halogens is 1. The number of aryl methyl sites for hydroxylation is 2. The Balaban J connectivity index is 1.55. The maximum absolute atomic E-state index is 13.5. The Bertz CT molecular complexity index is 1170. The second-order valence-electron chi connectivity index (χ2n) is 6.65. The van der Waals surface area contributed by atoms with Crippen LogP contribution in [0.5, 0.6) is 0 Å². The first-order valence-electron chi connectivity index (χ1n) is 9.06. The van der Waals surface area contributed by atoms with E-state index in [4.69, 9.17) is 4.42 Å². The zero-order valence-corrected chi connectivity index (χ0v) is 16.8. The van der Waals surface area contributed by atoms with Gasteiger partial charge in [0.25, 0.3) is 5.91 Å². The van der Waals surface area contributed by atoms with Crippen LogP contribution in [0.1, 0.15) is 32.1 Å². The topological polar surface area (TPSA) is 80.0 Å². The van der Waals surface area contributed by atoms with Crippen molar-refractivity contribution in [2.24, 2.45) is 0 Å². The molecule has 0 unspecified atom stereocenters. The molecule has 0 fully saturated rings. The van der Waals surface area contributed by atoms with Crippen molar-refractivity contribution in [2.45, 2.75) is 26.9 Å². The van der Waals surface area contributed by atoms with E-state index in [1.807, 2.05) is 26.0 Å². The standard InChI is InChI=1S/C21H19FN4O2S/c1-12-5-6-15(22)8-14(12)9-24-20(27)18-13(2)17-19(25-11-26-21(17)29-18)23-10-16-4-3-7-28-16/h3-8,11H,9-10H2,1-2H3,(H,24,27)(H,23,25,26). The van der Waals surface area contributed by atoms with Gasteiger partial charge in [0.05, 0.1) is 23.1 Å². The van der Waals surface area contributed by atoms with Crippen LogP contribution in [0, 0.1) is 19.7 Å². The highest BCUT2D eigenvalue weighted by atomic mass is 32.1. The van der Waals surface area contributed by atoms with E-state index in [1.54, 1.807) is 12.3 Å². The van der Waals surface area contributed by atoms with Crippen LogP contribution in [0.3, 0.4) is 0 Å². The molecule has 148 valence electrons. The van der Waals surface area contributed by atoms with Crippen LogP contribution >= 0.6 is 11.3 Å². The number of hydrogen-bond acceptors (Lipinski definition) is 6. The van der Waals surface area contributed by atoms with Gasteiger partial charge in [0.2, 0.25) is 0 Å². The predicted octanol–water partition coefficient (Wildman–Crippen LogP) is 4.58. The molecule has 3 aromatic heterocycles. The lowest BCUT2D eigenvalue weighted by Crippen LogP contribution is -2.23. The van der Waals surface area contributed by atoms with Crippen LogP contribution in [-0.2, 0) is 13.1 Å². The minimum atomic E-state index is -0.319. The number of aromatic nitrogens is 2. The van der Waals surface area contributed by atoms with Gasteiger partial charge in [-0.05, 0) is 54.8 Å². The minimum absolute atomic E-state index is 0.217.